The van der Waals surface area contributed by atoms with Gasteiger partial charge >= 0.3 is 12.1 Å². The van der Waals surface area contributed by atoms with E-state index in [1.54, 1.807) is 18.5 Å². The Kier molecular flexibility index (Phi) is 7.75. The summed E-state index contributed by atoms with van der Waals surface area (Å²) in [6.07, 6.45) is 1.01. The predicted molar refractivity (Wildman–Crippen MR) is 108 cm³/mol. The molecule has 2 aromatic rings. The third kappa shape index (κ3) is 6.55. The van der Waals surface area contributed by atoms with Gasteiger partial charge in [-0.15, -0.1) is 0 Å². The molecule has 0 aromatic carbocycles. The number of likely N-dealkylation sites (tertiary alicyclic amines) is 1. The highest BCUT2D eigenvalue weighted by molar-refractivity contribution is 5.95. The number of furan rings is 1. The number of pyridine rings is 1. The van der Waals surface area contributed by atoms with Crippen LogP contribution in [0.5, 0.6) is 0 Å². The van der Waals surface area contributed by atoms with Gasteiger partial charge < -0.3 is 23.9 Å². The number of piperidine rings is 1. The van der Waals surface area contributed by atoms with E-state index in [9.17, 15) is 18.0 Å². The van der Waals surface area contributed by atoms with Gasteiger partial charge in [0.1, 0.15) is 5.76 Å². The molecule has 4 heterocycles. The van der Waals surface area contributed by atoms with E-state index in [0.29, 0.717) is 31.1 Å². The number of aromatic nitrogens is 1. The maximum atomic E-state index is 12.8. The lowest BCUT2D eigenvalue weighted by Gasteiger charge is -2.39. The van der Waals surface area contributed by atoms with Crippen LogP contribution in [0.3, 0.4) is 0 Å². The lowest BCUT2D eigenvalue weighted by Crippen LogP contribution is -2.50. The molecule has 2 fully saturated rings. The number of halogens is 3. The van der Waals surface area contributed by atoms with Gasteiger partial charge in [-0.05, 0) is 38.0 Å². The summed E-state index contributed by atoms with van der Waals surface area (Å²) in [5, 5.41) is 7.12. The number of aliphatic carboxylic acids is 1. The number of ether oxygens (including phenoxy) is 2. The Morgan fingerprint density at radius 3 is 2.70 bits per heavy atom. The van der Waals surface area contributed by atoms with E-state index in [1.165, 1.54) is 0 Å². The summed E-state index contributed by atoms with van der Waals surface area (Å²) in [5.74, 6) is -2.07. The zero-order chi connectivity index (χ0) is 24.1. The molecule has 180 valence electrons. The normalized spacial score (nSPS) is 22.7. The number of hydrogen-bond donors (Lipinski definition) is 1. The van der Waals surface area contributed by atoms with E-state index in [4.69, 9.17) is 23.8 Å². The average molecular weight is 470 g/mol. The van der Waals surface area contributed by atoms with Crippen molar-refractivity contribution in [2.75, 3.05) is 19.7 Å². The van der Waals surface area contributed by atoms with Gasteiger partial charge in [-0.2, -0.15) is 13.2 Å². The number of rotatable bonds is 4. The molecule has 33 heavy (non-hydrogen) atoms. The first-order chi connectivity index (χ1) is 15.6. The molecule has 2 saturated heterocycles. The number of hydrogen-bond acceptors (Lipinski definition) is 6. The van der Waals surface area contributed by atoms with E-state index in [0.717, 1.165) is 31.5 Å². The molecule has 4 rings (SSSR count). The Bertz CT molecular complexity index is 949. The molecule has 1 N–H and O–H groups in total. The van der Waals surface area contributed by atoms with Crippen LogP contribution in [-0.2, 0) is 20.9 Å². The Labute approximate surface area is 188 Å². The van der Waals surface area contributed by atoms with Crippen LogP contribution < -0.4 is 0 Å². The van der Waals surface area contributed by atoms with Crippen LogP contribution in [-0.4, -0.2) is 64.4 Å². The van der Waals surface area contributed by atoms with Crippen molar-refractivity contribution in [1.82, 2.24) is 9.88 Å². The molecule has 0 saturated carbocycles. The summed E-state index contributed by atoms with van der Waals surface area (Å²) in [4.78, 5) is 27.9. The molecular weight excluding hydrogens is 445 g/mol. The number of carbonyl (C=O) groups excluding carboxylic acids is 1. The molecule has 11 heteroatoms. The number of carboxylic acid groups (broad SMARTS) is 1. The number of carboxylic acids is 1. The monoisotopic (exact) mass is 470 g/mol. The average Bonchev–Trinajstić information content (AvgIpc) is 3.38. The highest BCUT2D eigenvalue weighted by Gasteiger charge is 2.45. The van der Waals surface area contributed by atoms with Crippen LogP contribution in [0.4, 0.5) is 13.2 Å². The predicted octanol–water partition coefficient (Wildman–Crippen LogP) is 3.60. The van der Waals surface area contributed by atoms with E-state index < -0.39 is 12.1 Å². The zero-order valence-electron chi connectivity index (χ0n) is 18.0. The first kappa shape index (κ1) is 24.7. The summed E-state index contributed by atoms with van der Waals surface area (Å²) < 4.78 is 49.2. The molecule has 2 aromatic heterocycles. The molecular formula is C22H25F3N2O6. The molecule has 2 atom stereocenters. The minimum atomic E-state index is -5.08. The van der Waals surface area contributed by atoms with Crippen LogP contribution in [0.2, 0.25) is 0 Å². The molecule has 2 aliphatic heterocycles. The Hall–Kier alpha value is -2.92. The molecule has 0 bridgehead atoms. The van der Waals surface area contributed by atoms with E-state index in [-0.39, 0.29) is 17.6 Å². The molecule has 0 radical (unpaired) electrons. The standard InChI is InChI=1S/C20H24N2O4.C2HF3O2/c1-15-18(6-10-24-15)19(23)22-9-4-7-20(14-22)11-17(13-26-20)25-12-16-5-2-3-8-21-16;3-2(4,5)1(6)7/h2-3,5-6,8,10,17H,4,7,9,11-14H2,1H3;(H,6,7)/t17-,20-;/m0./s1. The van der Waals surface area contributed by atoms with Gasteiger partial charge in [0, 0.05) is 19.2 Å². The van der Waals surface area contributed by atoms with Gasteiger partial charge in [0.15, 0.2) is 0 Å². The fourth-order valence-electron chi connectivity index (χ4n) is 3.93. The van der Waals surface area contributed by atoms with Gasteiger partial charge in [0.25, 0.3) is 5.91 Å². The Morgan fingerprint density at radius 2 is 2.09 bits per heavy atom. The van der Waals surface area contributed by atoms with Crippen molar-refractivity contribution in [3.05, 3.63) is 53.7 Å². The van der Waals surface area contributed by atoms with Crippen molar-refractivity contribution in [1.29, 1.82) is 0 Å². The number of carbonyl (C=O) groups is 2. The smallest absolute Gasteiger partial charge is 0.475 e. The lowest BCUT2D eigenvalue weighted by molar-refractivity contribution is -0.192. The van der Waals surface area contributed by atoms with Crippen LogP contribution in [0.25, 0.3) is 0 Å². The number of amides is 1. The van der Waals surface area contributed by atoms with Gasteiger partial charge in [-0.1, -0.05) is 6.07 Å². The molecule has 1 amide bonds. The minimum Gasteiger partial charge on any atom is -0.475 e. The third-order valence-corrected chi connectivity index (χ3v) is 5.53. The molecule has 8 nitrogen and oxygen atoms in total. The highest BCUT2D eigenvalue weighted by Crippen LogP contribution is 2.36. The molecule has 2 aliphatic rings. The lowest BCUT2D eigenvalue weighted by atomic mass is 9.89. The largest absolute Gasteiger partial charge is 0.490 e. The Balaban J connectivity index is 0.000000383. The highest BCUT2D eigenvalue weighted by atomic mass is 19.4. The van der Waals surface area contributed by atoms with Gasteiger partial charge in [-0.3, -0.25) is 9.78 Å². The second kappa shape index (κ2) is 10.3. The number of aryl methyl sites for hydroxylation is 1. The summed E-state index contributed by atoms with van der Waals surface area (Å²) in [6.45, 7) is 4.25. The number of nitrogens with zero attached hydrogens (tertiary/aromatic N) is 2. The minimum absolute atomic E-state index is 0.0248. The maximum absolute atomic E-state index is 12.8. The van der Waals surface area contributed by atoms with Gasteiger partial charge in [-0.25, -0.2) is 4.79 Å². The first-order valence-electron chi connectivity index (χ1n) is 10.4. The summed E-state index contributed by atoms with van der Waals surface area (Å²) >= 11 is 0. The second-order valence-electron chi connectivity index (χ2n) is 7.98. The molecule has 1 spiro atoms. The Morgan fingerprint density at radius 1 is 1.33 bits per heavy atom. The van der Waals surface area contributed by atoms with Crippen molar-refractivity contribution >= 4 is 11.9 Å². The summed E-state index contributed by atoms with van der Waals surface area (Å²) in [6, 6.07) is 7.56. The van der Waals surface area contributed by atoms with Crippen LogP contribution >= 0.6 is 0 Å². The fraction of sp³-hybridized carbons (Fsp3) is 0.500. The van der Waals surface area contributed by atoms with Crippen molar-refractivity contribution in [2.24, 2.45) is 0 Å². The van der Waals surface area contributed by atoms with E-state index >= 15 is 0 Å². The molecule has 0 unspecified atom stereocenters. The van der Waals surface area contributed by atoms with Gasteiger partial charge in [0.2, 0.25) is 0 Å². The quantitative estimate of drug-likeness (QED) is 0.729. The fourth-order valence-corrected chi connectivity index (χ4v) is 3.93. The van der Waals surface area contributed by atoms with Gasteiger partial charge in [0.05, 0.1) is 49.0 Å². The topological polar surface area (TPSA) is 102 Å². The first-order valence-corrected chi connectivity index (χ1v) is 10.4. The van der Waals surface area contributed by atoms with E-state index in [1.807, 2.05) is 30.0 Å². The zero-order valence-corrected chi connectivity index (χ0v) is 18.0. The summed E-state index contributed by atoms with van der Waals surface area (Å²) in [7, 11) is 0. The van der Waals surface area contributed by atoms with Crippen molar-refractivity contribution in [2.45, 2.75) is 50.7 Å². The van der Waals surface area contributed by atoms with E-state index in [2.05, 4.69) is 4.98 Å². The van der Waals surface area contributed by atoms with Crippen LogP contribution in [0, 0.1) is 6.92 Å². The van der Waals surface area contributed by atoms with Crippen LogP contribution in [0.15, 0.2) is 41.1 Å². The number of alkyl halides is 3. The molecule has 0 aliphatic carbocycles. The van der Waals surface area contributed by atoms with Crippen molar-refractivity contribution in [3.8, 4) is 0 Å². The summed E-state index contributed by atoms with van der Waals surface area (Å²) in [5.41, 5.74) is 1.27. The SMILES string of the molecule is Cc1occc1C(=O)N1CCC[C@]2(C[C@H](OCc3ccccn3)CO2)C1.O=C(O)C(F)(F)F. The van der Waals surface area contributed by atoms with Crippen molar-refractivity contribution in [3.63, 3.8) is 0 Å². The van der Waals surface area contributed by atoms with Crippen LogP contribution in [0.1, 0.15) is 41.1 Å². The third-order valence-electron chi connectivity index (χ3n) is 5.53. The maximum Gasteiger partial charge on any atom is 0.490 e. The second-order valence-corrected chi connectivity index (χ2v) is 7.98. The van der Waals surface area contributed by atoms with Crippen molar-refractivity contribution < 1.29 is 41.8 Å².